The topological polar surface area (TPSA) is 54.3 Å². The predicted molar refractivity (Wildman–Crippen MR) is 127 cm³/mol. The molecule has 3 rings (SSSR count). The molecule has 0 saturated carbocycles. The van der Waals surface area contributed by atoms with Crippen LogP contribution in [-0.4, -0.2) is 11.0 Å². The maximum absolute atomic E-state index is 13.8. The summed E-state index contributed by atoms with van der Waals surface area (Å²) < 4.78 is 20.3. The molecule has 3 aromatic rings. The van der Waals surface area contributed by atoms with Gasteiger partial charge in [-0.3, -0.25) is 10.1 Å². The molecule has 0 aliphatic heterocycles. The Morgan fingerprint density at radius 1 is 1.10 bits per heavy atom. The Morgan fingerprint density at radius 3 is 2.52 bits per heavy atom. The molecule has 0 radical (unpaired) electrons. The Kier molecular flexibility index (Phi) is 7.28. The number of benzene rings is 2. The van der Waals surface area contributed by atoms with E-state index in [4.69, 9.17) is 39.8 Å². The minimum Gasteiger partial charge on any atom is -0.457 e. The predicted octanol–water partition coefficient (Wildman–Crippen LogP) is 6.52. The molecule has 1 amide bonds. The molecule has 0 aliphatic carbocycles. The first-order valence-electron chi connectivity index (χ1n) is 8.11. The molecule has 0 fully saturated rings. The summed E-state index contributed by atoms with van der Waals surface area (Å²) in [7, 11) is 0. The van der Waals surface area contributed by atoms with Crippen molar-refractivity contribution in [2.45, 2.75) is 0 Å². The molecule has 0 atom stereocenters. The Bertz CT molecular complexity index is 1100. The molecule has 0 bridgehead atoms. The lowest BCUT2D eigenvalue weighted by Crippen LogP contribution is -2.33. The second kappa shape index (κ2) is 9.71. The van der Waals surface area contributed by atoms with Crippen molar-refractivity contribution in [1.29, 1.82) is 0 Å². The van der Waals surface area contributed by atoms with Crippen molar-refractivity contribution >= 4 is 80.8 Å². The second-order valence-corrected chi connectivity index (χ2v) is 8.29. The molecule has 0 unspecified atom stereocenters. The largest absolute Gasteiger partial charge is 0.457 e. The highest BCUT2D eigenvalue weighted by atomic mass is 127. The van der Waals surface area contributed by atoms with Crippen molar-refractivity contribution in [3.63, 3.8) is 0 Å². The summed E-state index contributed by atoms with van der Waals surface area (Å²) in [5.74, 6) is 0.0556. The standard InChI is InChI=1S/C20H12Cl2FIN2O2S/c21-12-7-11(8-13(22)9-12)18-5-2-15(28-18)3-6-19(27)26-20(29)25-17-4-1-14(24)10-16(17)23/h1-10H,(H2,25,26,27,29)/b6-3+. The zero-order valence-electron chi connectivity index (χ0n) is 14.5. The van der Waals surface area contributed by atoms with Crippen LogP contribution in [0.25, 0.3) is 17.4 Å². The summed E-state index contributed by atoms with van der Waals surface area (Å²) in [6.45, 7) is 0. The SMILES string of the molecule is O=C(/C=C/c1ccc(-c2cc(Cl)cc(Cl)c2)o1)NC(=S)Nc1ccc(I)cc1F. The fraction of sp³-hybridized carbons (Fsp3) is 0. The van der Waals surface area contributed by atoms with Gasteiger partial charge in [-0.05, 0) is 89.4 Å². The maximum Gasteiger partial charge on any atom is 0.250 e. The molecule has 29 heavy (non-hydrogen) atoms. The lowest BCUT2D eigenvalue weighted by molar-refractivity contribution is -0.115. The Morgan fingerprint density at radius 2 is 1.83 bits per heavy atom. The number of nitrogens with one attached hydrogen (secondary N) is 2. The van der Waals surface area contributed by atoms with Crippen LogP contribution in [0.15, 0.2) is 59.0 Å². The van der Waals surface area contributed by atoms with Crippen LogP contribution in [-0.2, 0) is 4.79 Å². The normalized spacial score (nSPS) is 10.9. The van der Waals surface area contributed by atoms with Gasteiger partial charge in [-0.1, -0.05) is 23.2 Å². The lowest BCUT2D eigenvalue weighted by Gasteiger charge is -2.09. The summed E-state index contributed by atoms with van der Waals surface area (Å²) >= 11 is 19.0. The van der Waals surface area contributed by atoms with Crippen LogP contribution in [0.4, 0.5) is 10.1 Å². The first-order chi connectivity index (χ1) is 13.8. The zero-order valence-corrected chi connectivity index (χ0v) is 19.0. The average Bonchev–Trinajstić information content (AvgIpc) is 3.11. The first-order valence-corrected chi connectivity index (χ1v) is 10.4. The number of halogens is 4. The third-order valence-corrected chi connectivity index (χ3v) is 4.90. The fourth-order valence-corrected chi connectivity index (χ4v) is 3.54. The van der Waals surface area contributed by atoms with E-state index in [0.717, 1.165) is 9.13 Å². The molecule has 2 aromatic carbocycles. The Hall–Kier alpha value is -1.94. The van der Waals surface area contributed by atoms with Crippen molar-refractivity contribution in [1.82, 2.24) is 5.32 Å². The second-order valence-electron chi connectivity index (χ2n) is 5.76. The quantitative estimate of drug-likeness (QED) is 0.216. The summed E-state index contributed by atoms with van der Waals surface area (Å²) in [5.41, 5.74) is 0.895. The molecule has 0 aliphatic rings. The number of rotatable bonds is 4. The average molecular weight is 561 g/mol. The Labute approximate surface area is 195 Å². The van der Waals surface area contributed by atoms with Crippen LogP contribution < -0.4 is 10.6 Å². The smallest absolute Gasteiger partial charge is 0.250 e. The molecule has 9 heteroatoms. The van der Waals surface area contributed by atoms with Crippen LogP contribution >= 0.6 is 58.0 Å². The van der Waals surface area contributed by atoms with Gasteiger partial charge in [0, 0.05) is 25.3 Å². The van der Waals surface area contributed by atoms with Gasteiger partial charge in [0.05, 0.1) is 5.69 Å². The molecular weight excluding hydrogens is 549 g/mol. The Balaban J connectivity index is 1.60. The molecule has 0 saturated heterocycles. The molecule has 4 nitrogen and oxygen atoms in total. The van der Waals surface area contributed by atoms with E-state index in [2.05, 4.69) is 10.6 Å². The van der Waals surface area contributed by atoms with Gasteiger partial charge in [0.1, 0.15) is 17.3 Å². The number of carbonyl (C=O) groups excluding carboxylic acids is 1. The van der Waals surface area contributed by atoms with Crippen molar-refractivity contribution in [3.05, 3.63) is 79.8 Å². The number of anilines is 1. The van der Waals surface area contributed by atoms with Crippen molar-refractivity contribution < 1.29 is 13.6 Å². The van der Waals surface area contributed by atoms with Crippen LogP contribution in [0.2, 0.25) is 10.0 Å². The minimum absolute atomic E-state index is 0.0199. The molecule has 1 heterocycles. The first kappa shape index (κ1) is 21.8. The molecule has 0 spiro atoms. The monoisotopic (exact) mass is 560 g/mol. The molecular formula is C20H12Cl2FIN2O2S. The van der Waals surface area contributed by atoms with Gasteiger partial charge < -0.3 is 9.73 Å². The molecule has 2 N–H and O–H groups in total. The van der Waals surface area contributed by atoms with E-state index >= 15 is 0 Å². The van der Waals surface area contributed by atoms with Gasteiger partial charge in [-0.25, -0.2) is 4.39 Å². The number of thiocarbonyl (C=S) groups is 1. The maximum atomic E-state index is 13.8. The highest BCUT2D eigenvalue weighted by Gasteiger charge is 2.08. The van der Waals surface area contributed by atoms with E-state index in [-0.39, 0.29) is 10.8 Å². The summed E-state index contributed by atoms with van der Waals surface area (Å²) in [6, 6.07) is 13.1. The third kappa shape index (κ3) is 6.27. The van der Waals surface area contributed by atoms with Crippen LogP contribution in [0.1, 0.15) is 5.76 Å². The number of furan rings is 1. The van der Waals surface area contributed by atoms with Gasteiger partial charge >= 0.3 is 0 Å². The molecule has 1 aromatic heterocycles. The van der Waals surface area contributed by atoms with E-state index in [1.54, 1.807) is 36.4 Å². The lowest BCUT2D eigenvalue weighted by atomic mass is 10.2. The van der Waals surface area contributed by atoms with Crippen molar-refractivity contribution in [2.75, 3.05) is 5.32 Å². The highest BCUT2D eigenvalue weighted by Crippen LogP contribution is 2.28. The van der Waals surface area contributed by atoms with Crippen LogP contribution in [0, 0.1) is 9.39 Å². The van der Waals surface area contributed by atoms with Gasteiger partial charge in [0.15, 0.2) is 5.11 Å². The summed E-state index contributed by atoms with van der Waals surface area (Å²) in [4.78, 5) is 12.0. The van der Waals surface area contributed by atoms with Crippen LogP contribution in [0.5, 0.6) is 0 Å². The van der Waals surface area contributed by atoms with Gasteiger partial charge in [-0.2, -0.15) is 0 Å². The van der Waals surface area contributed by atoms with Crippen LogP contribution in [0.3, 0.4) is 0 Å². The number of hydrogen-bond donors (Lipinski definition) is 2. The fourth-order valence-electron chi connectivity index (χ4n) is 2.35. The minimum atomic E-state index is -0.489. The van der Waals surface area contributed by atoms with Gasteiger partial charge in [0.25, 0.3) is 0 Å². The summed E-state index contributed by atoms with van der Waals surface area (Å²) in [5, 5.41) is 6.05. The third-order valence-electron chi connectivity index (χ3n) is 3.59. The van der Waals surface area contributed by atoms with E-state index in [9.17, 15) is 9.18 Å². The van der Waals surface area contributed by atoms with E-state index in [1.807, 2.05) is 22.6 Å². The van der Waals surface area contributed by atoms with Crippen molar-refractivity contribution in [3.8, 4) is 11.3 Å². The number of hydrogen-bond acceptors (Lipinski definition) is 3. The molecule has 148 valence electrons. The van der Waals surface area contributed by atoms with E-state index in [0.29, 0.717) is 21.6 Å². The van der Waals surface area contributed by atoms with Gasteiger partial charge in [-0.15, -0.1) is 0 Å². The van der Waals surface area contributed by atoms with E-state index < -0.39 is 11.7 Å². The zero-order chi connectivity index (χ0) is 21.0. The van der Waals surface area contributed by atoms with Gasteiger partial charge in [0.2, 0.25) is 5.91 Å². The van der Waals surface area contributed by atoms with E-state index in [1.165, 1.54) is 24.3 Å². The summed E-state index contributed by atoms with van der Waals surface area (Å²) in [6.07, 6.45) is 2.74. The highest BCUT2D eigenvalue weighted by molar-refractivity contribution is 14.1. The van der Waals surface area contributed by atoms with Crippen molar-refractivity contribution in [2.24, 2.45) is 0 Å². The number of amides is 1. The number of carbonyl (C=O) groups is 1.